The molecule has 0 aromatic carbocycles. The predicted molar refractivity (Wildman–Crippen MR) is 109 cm³/mol. The minimum atomic E-state index is -0.00979. The minimum absolute atomic E-state index is 0. The van der Waals surface area contributed by atoms with Crippen molar-refractivity contribution < 1.29 is 4.79 Å². The van der Waals surface area contributed by atoms with Crippen LogP contribution >= 0.6 is 24.0 Å². The fourth-order valence-electron chi connectivity index (χ4n) is 2.57. The van der Waals surface area contributed by atoms with E-state index in [9.17, 15) is 4.79 Å². The van der Waals surface area contributed by atoms with Gasteiger partial charge in [-0.05, 0) is 19.8 Å². The van der Waals surface area contributed by atoms with Crippen molar-refractivity contribution in [3.05, 3.63) is 11.6 Å². The van der Waals surface area contributed by atoms with Crippen molar-refractivity contribution in [2.75, 3.05) is 27.2 Å². The minimum Gasteiger partial charge on any atom is -0.356 e. The van der Waals surface area contributed by atoms with Gasteiger partial charge in [0, 0.05) is 33.1 Å². The van der Waals surface area contributed by atoms with Gasteiger partial charge in [-0.1, -0.05) is 13.3 Å². The van der Waals surface area contributed by atoms with Gasteiger partial charge in [0.2, 0.25) is 5.91 Å². The summed E-state index contributed by atoms with van der Waals surface area (Å²) in [6.07, 6.45) is 4.06. The number of rotatable bonds is 6. The first-order valence-electron chi connectivity index (χ1n) is 8.65. The summed E-state index contributed by atoms with van der Waals surface area (Å²) < 4.78 is 1.96. The SMILES string of the molecule is CCCCNC(=NCC(=O)N(C)C)NC1CCc2nc(C)nn2C1.I. The van der Waals surface area contributed by atoms with Crippen LogP contribution in [-0.4, -0.2) is 64.8 Å². The maximum Gasteiger partial charge on any atom is 0.243 e. The zero-order chi connectivity index (χ0) is 17.5. The van der Waals surface area contributed by atoms with E-state index in [4.69, 9.17) is 0 Å². The Morgan fingerprint density at radius 3 is 2.88 bits per heavy atom. The molecule has 1 aliphatic rings. The first kappa shape index (κ1) is 21.7. The van der Waals surface area contributed by atoms with Gasteiger partial charge in [0.1, 0.15) is 18.2 Å². The molecule has 25 heavy (non-hydrogen) atoms. The van der Waals surface area contributed by atoms with Crippen LogP contribution in [0.4, 0.5) is 0 Å². The molecular formula is C16H30IN7O. The highest BCUT2D eigenvalue weighted by atomic mass is 127. The van der Waals surface area contributed by atoms with Gasteiger partial charge in [0.25, 0.3) is 0 Å². The number of aliphatic imine (C=N–C) groups is 1. The quantitative estimate of drug-likeness (QED) is 0.284. The van der Waals surface area contributed by atoms with Crippen LogP contribution in [0.25, 0.3) is 0 Å². The lowest BCUT2D eigenvalue weighted by Gasteiger charge is -2.25. The largest absolute Gasteiger partial charge is 0.356 e. The van der Waals surface area contributed by atoms with Crippen molar-refractivity contribution in [2.45, 2.75) is 52.1 Å². The van der Waals surface area contributed by atoms with Crippen LogP contribution in [0.15, 0.2) is 4.99 Å². The van der Waals surface area contributed by atoms with E-state index < -0.39 is 0 Å². The number of nitrogens with one attached hydrogen (secondary N) is 2. The number of halogens is 1. The molecule has 1 aliphatic heterocycles. The first-order valence-corrected chi connectivity index (χ1v) is 8.65. The molecule has 0 spiro atoms. The van der Waals surface area contributed by atoms with Crippen molar-refractivity contribution >= 4 is 35.8 Å². The molecule has 8 nitrogen and oxygen atoms in total. The molecule has 0 bridgehead atoms. The summed E-state index contributed by atoms with van der Waals surface area (Å²) in [7, 11) is 3.48. The highest BCUT2D eigenvalue weighted by Crippen LogP contribution is 2.12. The maximum atomic E-state index is 11.8. The second-order valence-electron chi connectivity index (χ2n) is 6.37. The van der Waals surface area contributed by atoms with E-state index in [1.807, 2.05) is 11.6 Å². The molecule has 0 radical (unpaired) electrons. The van der Waals surface area contributed by atoms with Crippen molar-refractivity contribution in [2.24, 2.45) is 4.99 Å². The normalized spacial score (nSPS) is 16.6. The standard InChI is InChI=1S/C16H29N7O.HI/c1-5-6-9-17-16(18-10-15(24)22(3)4)20-13-7-8-14-19-12(2)21-23(14)11-13;/h13H,5-11H2,1-4H3,(H2,17,18,20);1H. The number of aryl methyl sites for hydroxylation is 2. The van der Waals surface area contributed by atoms with Gasteiger partial charge in [-0.3, -0.25) is 4.79 Å². The van der Waals surface area contributed by atoms with Crippen LogP contribution in [-0.2, 0) is 17.8 Å². The smallest absolute Gasteiger partial charge is 0.243 e. The Morgan fingerprint density at radius 2 is 2.20 bits per heavy atom. The Labute approximate surface area is 166 Å². The zero-order valence-corrected chi connectivity index (χ0v) is 17.9. The summed E-state index contributed by atoms with van der Waals surface area (Å²) in [4.78, 5) is 22.2. The number of fused-ring (bicyclic) bond motifs is 1. The molecule has 0 fully saturated rings. The molecule has 2 heterocycles. The molecular weight excluding hydrogens is 433 g/mol. The Bertz CT molecular complexity index is 585. The molecule has 2 rings (SSSR count). The lowest BCUT2D eigenvalue weighted by molar-refractivity contribution is -0.127. The molecule has 0 aliphatic carbocycles. The van der Waals surface area contributed by atoms with Crippen LogP contribution in [0.3, 0.4) is 0 Å². The van der Waals surface area contributed by atoms with Gasteiger partial charge in [-0.25, -0.2) is 14.7 Å². The van der Waals surface area contributed by atoms with Gasteiger partial charge in [0.05, 0.1) is 6.54 Å². The molecule has 1 aromatic heterocycles. The number of amides is 1. The van der Waals surface area contributed by atoms with Crippen LogP contribution in [0, 0.1) is 6.92 Å². The lowest BCUT2D eigenvalue weighted by Crippen LogP contribution is -2.47. The average Bonchev–Trinajstić information content (AvgIpc) is 2.91. The Morgan fingerprint density at radius 1 is 1.44 bits per heavy atom. The van der Waals surface area contributed by atoms with Crippen molar-refractivity contribution in [3.63, 3.8) is 0 Å². The van der Waals surface area contributed by atoms with Gasteiger partial charge in [0.15, 0.2) is 5.96 Å². The molecule has 142 valence electrons. The highest BCUT2D eigenvalue weighted by Gasteiger charge is 2.21. The maximum absolute atomic E-state index is 11.8. The second-order valence-corrected chi connectivity index (χ2v) is 6.37. The Kier molecular flexibility index (Phi) is 9.15. The molecule has 1 unspecified atom stereocenters. The molecule has 9 heteroatoms. The number of carbonyl (C=O) groups excluding carboxylic acids is 1. The molecule has 1 atom stereocenters. The molecule has 0 saturated heterocycles. The Hall–Kier alpha value is -1.39. The molecule has 2 N–H and O–H groups in total. The van der Waals surface area contributed by atoms with E-state index in [1.54, 1.807) is 19.0 Å². The van der Waals surface area contributed by atoms with E-state index in [-0.39, 0.29) is 42.5 Å². The number of unbranched alkanes of at least 4 members (excludes halogenated alkanes) is 1. The van der Waals surface area contributed by atoms with Gasteiger partial charge in [-0.2, -0.15) is 5.10 Å². The summed E-state index contributed by atoms with van der Waals surface area (Å²) in [6.45, 7) is 5.83. The van der Waals surface area contributed by atoms with Crippen molar-refractivity contribution in [1.29, 1.82) is 0 Å². The number of aromatic nitrogens is 3. The molecule has 1 aromatic rings. The Balaban J connectivity index is 0.00000312. The van der Waals surface area contributed by atoms with Gasteiger partial charge in [-0.15, -0.1) is 24.0 Å². The van der Waals surface area contributed by atoms with Crippen LogP contribution in [0.1, 0.15) is 37.8 Å². The van der Waals surface area contributed by atoms with Crippen LogP contribution < -0.4 is 10.6 Å². The molecule has 0 saturated carbocycles. The van der Waals surface area contributed by atoms with E-state index >= 15 is 0 Å². The number of likely N-dealkylation sites (N-methyl/N-ethyl adjacent to an activating group) is 1. The summed E-state index contributed by atoms with van der Waals surface area (Å²) >= 11 is 0. The third kappa shape index (κ3) is 6.79. The van der Waals surface area contributed by atoms with Crippen LogP contribution in [0.5, 0.6) is 0 Å². The van der Waals surface area contributed by atoms with Crippen LogP contribution in [0.2, 0.25) is 0 Å². The topological polar surface area (TPSA) is 87.4 Å². The number of hydrogen-bond donors (Lipinski definition) is 2. The first-order chi connectivity index (χ1) is 11.5. The fraction of sp³-hybridized carbons (Fsp3) is 0.750. The van der Waals surface area contributed by atoms with E-state index in [2.05, 4.69) is 32.6 Å². The second kappa shape index (κ2) is 10.6. The number of hydrogen-bond acceptors (Lipinski definition) is 4. The van der Waals surface area contributed by atoms with E-state index in [0.717, 1.165) is 50.4 Å². The fourth-order valence-corrected chi connectivity index (χ4v) is 2.57. The van der Waals surface area contributed by atoms with E-state index in [1.165, 1.54) is 0 Å². The number of guanidine groups is 1. The number of carbonyl (C=O) groups is 1. The third-order valence-corrected chi connectivity index (χ3v) is 4.00. The highest BCUT2D eigenvalue weighted by molar-refractivity contribution is 14.0. The number of nitrogens with zero attached hydrogens (tertiary/aromatic N) is 5. The van der Waals surface area contributed by atoms with Gasteiger partial charge < -0.3 is 15.5 Å². The van der Waals surface area contributed by atoms with Crippen molar-refractivity contribution in [3.8, 4) is 0 Å². The zero-order valence-electron chi connectivity index (χ0n) is 15.6. The summed E-state index contributed by atoms with van der Waals surface area (Å²) in [5.41, 5.74) is 0. The predicted octanol–water partition coefficient (Wildman–Crippen LogP) is 0.943. The van der Waals surface area contributed by atoms with E-state index in [0.29, 0.717) is 5.96 Å². The third-order valence-electron chi connectivity index (χ3n) is 4.00. The summed E-state index contributed by atoms with van der Waals surface area (Å²) in [6, 6.07) is 0.237. The average molecular weight is 463 g/mol. The summed E-state index contributed by atoms with van der Waals surface area (Å²) in [5, 5.41) is 11.2. The molecule has 1 amide bonds. The van der Waals surface area contributed by atoms with Crippen molar-refractivity contribution in [1.82, 2.24) is 30.3 Å². The summed E-state index contributed by atoms with van der Waals surface area (Å²) in [5.74, 6) is 2.55. The lowest BCUT2D eigenvalue weighted by atomic mass is 10.1. The van der Waals surface area contributed by atoms with Gasteiger partial charge >= 0.3 is 0 Å². The monoisotopic (exact) mass is 463 g/mol.